The molecule has 4 rings (SSSR count). The number of benzene rings is 2. The molecule has 1 aliphatic rings. The van der Waals surface area contributed by atoms with Crippen molar-refractivity contribution >= 4 is 34.9 Å². The number of carbonyl (C=O) groups is 2. The first-order valence-corrected chi connectivity index (χ1v) is 9.01. The number of methoxy groups -OCH3 is 1. The van der Waals surface area contributed by atoms with Crippen molar-refractivity contribution in [2.75, 3.05) is 17.7 Å². The Bertz CT molecular complexity index is 1030. The minimum absolute atomic E-state index is 0.0101. The number of halogens is 1. The first kappa shape index (κ1) is 18.1. The SMILES string of the molecule is COc1ccc(-c2cc3n(n2)[C@H](C(=O)Nc2ccc(Cl)cc2)CC(=O)N3)cc1. The van der Waals surface area contributed by atoms with E-state index in [0.29, 0.717) is 22.2 Å². The third kappa shape index (κ3) is 3.57. The van der Waals surface area contributed by atoms with Gasteiger partial charge in [-0.25, -0.2) is 4.68 Å². The van der Waals surface area contributed by atoms with Crippen molar-refractivity contribution in [3.63, 3.8) is 0 Å². The lowest BCUT2D eigenvalue weighted by atomic mass is 10.1. The number of ether oxygens (including phenoxy) is 1. The van der Waals surface area contributed by atoms with Crippen LogP contribution in [0.15, 0.2) is 54.6 Å². The number of anilines is 2. The molecule has 8 heteroatoms. The molecule has 3 aromatic rings. The van der Waals surface area contributed by atoms with E-state index in [2.05, 4.69) is 15.7 Å². The van der Waals surface area contributed by atoms with Crippen LogP contribution in [0.2, 0.25) is 5.02 Å². The van der Waals surface area contributed by atoms with Gasteiger partial charge in [0.15, 0.2) is 0 Å². The lowest BCUT2D eigenvalue weighted by Crippen LogP contribution is -2.35. The molecule has 2 aromatic carbocycles. The van der Waals surface area contributed by atoms with Gasteiger partial charge in [0.1, 0.15) is 17.6 Å². The molecule has 0 saturated heterocycles. The number of hydrogen-bond acceptors (Lipinski definition) is 4. The Balaban J connectivity index is 1.62. The zero-order valence-electron chi connectivity index (χ0n) is 15.0. The van der Waals surface area contributed by atoms with E-state index < -0.39 is 6.04 Å². The third-order valence-electron chi connectivity index (χ3n) is 4.48. The maximum atomic E-state index is 12.8. The van der Waals surface area contributed by atoms with Crippen molar-refractivity contribution in [3.8, 4) is 17.0 Å². The standard InChI is InChI=1S/C20H17ClN4O3/c1-28-15-8-2-12(3-9-15)16-10-18-23-19(26)11-17(25(18)24-16)20(27)22-14-6-4-13(21)5-7-14/h2-10,17H,11H2,1H3,(H,22,27)(H,23,26)/t17-/m0/s1. The number of aromatic nitrogens is 2. The molecule has 7 nitrogen and oxygen atoms in total. The average Bonchev–Trinajstić information content (AvgIpc) is 3.13. The lowest BCUT2D eigenvalue weighted by molar-refractivity contribution is -0.125. The van der Waals surface area contributed by atoms with E-state index in [1.54, 1.807) is 42.1 Å². The quantitative estimate of drug-likeness (QED) is 0.703. The van der Waals surface area contributed by atoms with Gasteiger partial charge in [0.05, 0.1) is 19.2 Å². The second kappa shape index (κ2) is 7.36. The smallest absolute Gasteiger partial charge is 0.249 e. The van der Waals surface area contributed by atoms with Crippen LogP contribution in [0.25, 0.3) is 11.3 Å². The van der Waals surface area contributed by atoms with Crippen molar-refractivity contribution in [1.82, 2.24) is 9.78 Å². The van der Waals surface area contributed by atoms with Crippen LogP contribution >= 0.6 is 11.6 Å². The monoisotopic (exact) mass is 396 g/mol. The van der Waals surface area contributed by atoms with Crippen LogP contribution in [-0.4, -0.2) is 28.7 Å². The molecule has 0 bridgehead atoms. The highest BCUT2D eigenvalue weighted by Gasteiger charge is 2.32. The van der Waals surface area contributed by atoms with E-state index in [1.807, 2.05) is 24.3 Å². The zero-order chi connectivity index (χ0) is 19.7. The molecule has 1 aliphatic heterocycles. The van der Waals surface area contributed by atoms with Gasteiger partial charge in [-0.1, -0.05) is 11.6 Å². The van der Waals surface area contributed by atoms with Crippen LogP contribution in [0.1, 0.15) is 12.5 Å². The second-order valence-corrected chi connectivity index (χ2v) is 6.79. The van der Waals surface area contributed by atoms with Crippen molar-refractivity contribution in [2.24, 2.45) is 0 Å². The minimum Gasteiger partial charge on any atom is -0.497 e. The molecule has 142 valence electrons. The molecule has 0 radical (unpaired) electrons. The van der Waals surface area contributed by atoms with E-state index in [4.69, 9.17) is 16.3 Å². The number of nitrogens with zero attached hydrogens (tertiary/aromatic N) is 2. The molecule has 0 aliphatic carbocycles. The Morgan fingerprint density at radius 1 is 1.21 bits per heavy atom. The fraction of sp³-hybridized carbons (Fsp3) is 0.150. The van der Waals surface area contributed by atoms with E-state index in [1.165, 1.54) is 0 Å². The molecule has 2 heterocycles. The number of rotatable bonds is 4. The average molecular weight is 397 g/mol. The van der Waals surface area contributed by atoms with Gasteiger partial charge in [0.2, 0.25) is 11.8 Å². The summed E-state index contributed by atoms with van der Waals surface area (Å²) in [6.45, 7) is 0. The van der Waals surface area contributed by atoms with Gasteiger partial charge in [-0.3, -0.25) is 9.59 Å². The van der Waals surface area contributed by atoms with Crippen molar-refractivity contribution in [2.45, 2.75) is 12.5 Å². The minimum atomic E-state index is -0.744. The van der Waals surface area contributed by atoms with Gasteiger partial charge in [-0.05, 0) is 48.5 Å². The highest BCUT2D eigenvalue weighted by Crippen LogP contribution is 2.31. The first-order chi connectivity index (χ1) is 13.5. The molecule has 0 fully saturated rings. The summed E-state index contributed by atoms with van der Waals surface area (Å²) in [5, 5.41) is 10.7. The summed E-state index contributed by atoms with van der Waals surface area (Å²) in [6.07, 6.45) is 0.0101. The highest BCUT2D eigenvalue weighted by molar-refractivity contribution is 6.30. The molecule has 2 amide bonds. The van der Waals surface area contributed by atoms with Crippen molar-refractivity contribution < 1.29 is 14.3 Å². The molecule has 0 unspecified atom stereocenters. The summed E-state index contributed by atoms with van der Waals surface area (Å²) < 4.78 is 6.72. The third-order valence-corrected chi connectivity index (χ3v) is 4.73. The summed E-state index contributed by atoms with van der Waals surface area (Å²) >= 11 is 5.88. The Morgan fingerprint density at radius 3 is 2.61 bits per heavy atom. The number of amides is 2. The highest BCUT2D eigenvalue weighted by atomic mass is 35.5. The van der Waals surface area contributed by atoms with Crippen LogP contribution in [0.4, 0.5) is 11.5 Å². The second-order valence-electron chi connectivity index (χ2n) is 6.35. The van der Waals surface area contributed by atoms with Gasteiger partial charge < -0.3 is 15.4 Å². The maximum absolute atomic E-state index is 12.8. The molecule has 0 saturated carbocycles. The van der Waals surface area contributed by atoms with Crippen LogP contribution in [-0.2, 0) is 9.59 Å². The molecule has 1 atom stereocenters. The van der Waals surface area contributed by atoms with Crippen LogP contribution in [0.5, 0.6) is 5.75 Å². The predicted octanol–water partition coefficient (Wildman–Crippen LogP) is 3.73. The fourth-order valence-electron chi connectivity index (χ4n) is 3.05. The zero-order valence-corrected chi connectivity index (χ0v) is 15.7. The largest absolute Gasteiger partial charge is 0.497 e. The normalized spacial score (nSPS) is 15.5. The summed E-state index contributed by atoms with van der Waals surface area (Å²) in [7, 11) is 1.60. The molecular formula is C20H17ClN4O3. The predicted molar refractivity (Wildman–Crippen MR) is 107 cm³/mol. The summed E-state index contributed by atoms with van der Waals surface area (Å²) in [4.78, 5) is 24.9. The summed E-state index contributed by atoms with van der Waals surface area (Å²) in [6, 6.07) is 15.2. The molecule has 1 aromatic heterocycles. The number of nitrogens with one attached hydrogen (secondary N) is 2. The van der Waals surface area contributed by atoms with Gasteiger partial charge in [0, 0.05) is 22.3 Å². The van der Waals surface area contributed by atoms with Crippen molar-refractivity contribution in [1.29, 1.82) is 0 Å². The Morgan fingerprint density at radius 2 is 1.93 bits per heavy atom. The maximum Gasteiger partial charge on any atom is 0.249 e. The summed E-state index contributed by atoms with van der Waals surface area (Å²) in [5.41, 5.74) is 2.11. The number of carbonyl (C=O) groups excluding carboxylic acids is 2. The molecule has 0 spiro atoms. The topological polar surface area (TPSA) is 85.2 Å². The molecular weight excluding hydrogens is 380 g/mol. The number of hydrogen-bond donors (Lipinski definition) is 2. The Labute approximate surface area is 166 Å². The lowest BCUT2D eigenvalue weighted by Gasteiger charge is -2.23. The van der Waals surface area contributed by atoms with Gasteiger partial charge >= 0.3 is 0 Å². The fourth-order valence-corrected chi connectivity index (χ4v) is 3.17. The number of fused-ring (bicyclic) bond motifs is 1. The first-order valence-electron chi connectivity index (χ1n) is 8.64. The molecule has 2 N–H and O–H groups in total. The van der Waals surface area contributed by atoms with E-state index in [9.17, 15) is 9.59 Å². The van der Waals surface area contributed by atoms with Gasteiger partial charge in [0.25, 0.3) is 0 Å². The van der Waals surface area contributed by atoms with Crippen LogP contribution in [0.3, 0.4) is 0 Å². The summed E-state index contributed by atoms with van der Waals surface area (Å²) in [5.74, 6) is 0.673. The van der Waals surface area contributed by atoms with E-state index in [-0.39, 0.29) is 18.2 Å². The van der Waals surface area contributed by atoms with Crippen LogP contribution in [0, 0.1) is 0 Å². The Kier molecular flexibility index (Phi) is 4.75. The van der Waals surface area contributed by atoms with E-state index in [0.717, 1.165) is 11.3 Å². The Hall–Kier alpha value is -3.32. The van der Waals surface area contributed by atoms with Gasteiger partial charge in [-0.2, -0.15) is 5.10 Å². The molecule has 28 heavy (non-hydrogen) atoms. The van der Waals surface area contributed by atoms with Crippen LogP contribution < -0.4 is 15.4 Å². The van der Waals surface area contributed by atoms with Gasteiger partial charge in [-0.15, -0.1) is 0 Å². The van der Waals surface area contributed by atoms with Crippen molar-refractivity contribution in [3.05, 3.63) is 59.6 Å². The van der Waals surface area contributed by atoms with E-state index >= 15 is 0 Å².